The van der Waals surface area contributed by atoms with Crippen molar-refractivity contribution in [1.82, 2.24) is 10.2 Å². The lowest BCUT2D eigenvalue weighted by Gasteiger charge is -2.38. The van der Waals surface area contributed by atoms with Gasteiger partial charge in [-0.25, -0.2) is 0 Å². The Bertz CT molecular complexity index is 149. The first-order valence-electron chi connectivity index (χ1n) is 5.81. The van der Waals surface area contributed by atoms with Crippen molar-refractivity contribution in [3.63, 3.8) is 0 Å². The molecule has 0 aromatic rings. The summed E-state index contributed by atoms with van der Waals surface area (Å²) in [6.07, 6.45) is 5.80. The first kappa shape index (κ1) is 12.3. The van der Waals surface area contributed by atoms with Crippen molar-refractivity contribution >= 4 is 12.4 Å². The monoisotopic (exact) mass is 218 g/mol. The minimum absolute atomic E-state index is 0. The molecule has 0 radical (unpaired) electrons. The molecule has 0 amide bonds. The van der Waals surface area contributed by atoms with Gasteiger partial charge in [0, 0.05) is 32.2 Å². The summed E-state index contributed by atoms with van der Waals surface area (Å²) in [6, 6.07) is 0.915. The molecule has 2 rings (SSSR count). The summed E-state index contributed by atoms with van der Waals surface area (Å²) in [5, 5.41) is 3.42. The third-order valence-electron chi connectivity index (χ3n) is 3.65. The van der Waals surface area contributed by atoms with E-state index in [0.29, 0.717) is 0 Å². The van der Waals surface area contributed by atoms with Gasteiger partial charge in [-0.15, -0.1) is 12.4 Å². The Hall–Kier alpha value is 0.210. The molecule has 1 aliphatic heterocycles. The third kappa shape index (κ3) is 3.11. The molecule has 0 bridgehead atoms. The van der Waals surface area contributed by atoms with Gasteiger partial charge in [-0.1, -0.05) is 6.92 Å². The average molecular weight is 219 g/mol. The summed E-state index contributed by atoms with van der Waals surface area (Å²) in [7, 11) is 0. The minimum Gasteiger partial charge on any atom is -0.314 e. The molecule has 0 unspecified atom stereocenters. The Morgan fingerprint density at radius 3 is 2.14 bits per heavy atom. The second-order valence-corrected chi connectivity index (χ2v) is 4.70. The van der Waals surface area contributed by atoms with Crippen molar-refractivity contribution < 1.29 is 0 Å². The van der Waals surface area contributed by atoms with E-state index in [-0.39, 0.29) is 12.4 Å². The summed E-state index contributed by atoms with van der Waals surface area (Å²) >= 11 is 0. The van der Waals surface area contributed by atoms with Crippen LogP contribution >= 0.6 is 12.4 Å². The first-order valence-corrected chi connectivity index (χ1v) is 5.81. The minimum atomic E-state index is 0. The lowest BCUT2D eigenvalue weighted by molar-refractivity contribution is 0.125. The van der Waals surface area contributed by atoms with Crippen molar-refractivity contribution in [3.8, 4) is 0 Å². The van der Waals surface area contributed by atoms with Crippen LogP contribution in [0.3, 0.4) is 0 Å². The number of hydrogen-bond donors (Lipinski definition) is 1. The summed E-state index contributed by atoms with van der Waals surface area (Å²) < 4.78 is 0. The molecular formula is C11H23ClN2. The Labute approximate surface area is 93.8 Å². The molecule has 2 nitrogen and oxygen atoms in total. The van der Waals surface area contributed by atoms with E-state index in [1.54, 1.807) is 0 Å². The SMILES string of the molecule is CC1CCC(N2CCNCC2)CC1.Cl. The van der Waals surface area contributed by atoms with Crippen LogP contribution in [0.5, 0.6) is 0 Å². The van der Waals surface area contributed by atoms with Crippen molar-refractivity contribution in [1.29, 1.82) is 0 Å². The van der Waals surface area contributed by atoms with Gasteiger partial charge < -0.3 is 5.32 Å². The molecule has 0 aromatic carbocycles. The summed E-state index contributed by atoms with van der Waals surface area (Å²) in [5.41, 5.74) is 0. The molecule has 2 aliphatic rings. The smallest absolute Gasteiger partial charge is 0.0110 e. The van der Waals surface area contributed by atoms with Crippen LogP contribution in [0.4, 0.5) is 0 Å². The average Bonchev–Trinajstić information content (AvgIpc) is 2.20. The molecule has 0 spiro atoms. The van der Waals surface area contributed by atoms with Crippen molar-refractivity contribution in [2.75, 3.05) is 26.2 Å². The van der Waals surface area contributed by atoms with Crippen LogP contribution in [0.25, 0.3) is 0 Å². The zero-order valence-electron chi connectivity index (χ0n) is 9.17. The fraction of sp³-hybridized carbons (Fsp3) is 1.00. The molecule has 2 fully saturated rings. The summed E-state index contributed by atoms with van der Waals surface area (Å²) in [4.78, 5) is 2.70. The van der Waals surface area contributed by atoms with Gasteiger partial charge in [-0.3, -0.25) is 4.90 Å². The van der Waals surface area contributed by atoms with E-state index in [1.807, 2.05) is 0 Å². The maximum atomic E-state index is 3.42. The second-order valence-electron chi connectivity index (χ2n) is 4.70. The van der Waals surface area contributed by atoms with Crippen LogP contribution in [0.2, 0.25) is 0 Å². The largest absolute Gasteiger partial charge is 0.314 e. The molecule has 0 atom stereocenters. The van der Waals surface area contributed by atoms with Gasteiger partial charge in [0.15, 0.2) is 0 Å². The van der Waals surface area contributed by atoms with E-state index in [9.17, 15) is 0 Å². The van der Waals surface area contributed by atoms with E-state index >= 15 is 0 Å². The lowest BCUT2D eigenvalue weighted by atomic mass is 9.86. The maximum absolute atomic E-state index is 3.42. The highest BCUT2D eigenvalue weighted by molar-refractivity contribution is 5.85. The highest BCUT2D eigenvalue weighted by Gasteiger charge is 2.24. The molecule has 1 aliphatic carbocycles. The summed E-state index contributed by atoms with van der Waals surface area (Å²) in [6.45, 7) is 7.35. The van der Waals surface area contributed by atoms with Crippen LogP contribution in [-0.2, 0) is 0 Å². The number of nitrogens with zero attached hydrogens (tertiary/aromatic N) is 1. The fourth-order valence-electron chi connectivity index (χ4n) is 2.65. The molecule has 14 heavy (non-hydrogen) atoms. The fourth-order valence-corrected chi connectivity index (χ4v) is 2.65. The molecule has 1 heterocycles. The first-order chi connectivity index (χ1) is 6.36. The highest BCUT2D eigenvalue weighted by atomic mass is 35.5. The normalized spacial score (nSPS) is 34.9. The van der Waals surface area contributed by atoms with E-state index in [4.69, 9.17) is 0 Å². The Morgan fingerprint density at radius 1 is 1.00 bits per heavy atom. The van der Waals surface area contributed by atoms with E-state index in [1.165, 1.54) is 51.9 Å². The molecule has 1 saturated heterocycles. The lowest BCUT2D eigenvalue weighted by Crippen LogP contribution is -2.49. The van der Waals surface area contributed by atoms with Crippen LogP contribution < -0.4 is 5.32 Å². The molecule has 0 aromatic heterocycles. The molecule has 3 heteroatoms. The van der Waals surface area contributed by atoms with Gasteiger partial charge >= 0.3 is 0 Å². The third-order valence-corrected chi connectivity index (χ3v) is 3.65. The predicted molar refractivity (Wildman–Crippen MR) is 63.1 cm³/mol. The second kappa shape index (κ2) is 5.94. The topological polar surface area (TPSA) is 15.3 Å². The van der Waals surface area contributed by atoms with Crippen molar-refractivity contribution in [3.05, 3.63) is 0 Å². The molecule has 1 N–H and O–H groups in total. The highest BCUT2D eigenvalue weighted by Crippen LogP contribution is 2.26. The molecular weight excluding hydrogens is 196 g/mol. The molecule has 1 saturated carbocycles. The van der Waals surface area contributed by atoms with Crippen LogP contribution in [0.15, 0.2) is 0 Å². The van der Waals surface area contributed by atoms with Gasteiger partial charge in [-0.2, -0.15) is 0 Å². The Kier molecular flexibility index (Phi) is 5.21. The number of nitrogens with one attached hydrogen (secondary N) is 1. The maximum Gasteiger partial charge on any atom is 0.0110 e. The number of piperazine rings is 1. The van der Waals surface area contributed by atoms with Gasteiger partial charge in [-0.05, 0) is 31.6 Å². The number of rotatable bonds is 1. The summed E-state index contributed by atoms with van der Waals surface area (Å²) in [5.74, 6) is 0.985. The Morgan fingerprint density at radius 2 is 1.57 bits per heavy atom. The van der Waals surface area contributed by atoms with E-state index in [0.717, 1.165) is 12.0 Å². The van der Waals surface area contributed by atoms with Crippen LogP contribution in [0, 0.1) is 5.92 Å². The van der Waals surface area contributed by atoms with Crippen molar-refractivity contribution in [2.24, 2.45) is 5.92 Å². The van der Waals surface area contributed by atoms with Gasteiger partial charge in [0.05, 0.1) is 0 Å². The van der Waals surface area contributed by atoms with Gasteiger partial charge in [0.1, 0.15) is 0 Å². The van der Waals surface area contributed by atoms with E-state index < -0.39 is 0 Å². The van der Waals surface area contributed by atoms with Crippen LogP contribution in [0.1, 0.15) is 32.6 Å². The predicted octanol–water partition coefficient (Wildman–Crippen LogP) is 1.89. The van der Waals surface area contributed by atoms with Crippen LogP contribution in [-0.4, -0.2) is 37.1 Å². The Balaban J connectivity index is 0.000000980. The van der Waals surface area contributed by atoms with Gasteiger partial charge in [0.25, 0.3) is 0 Å². The zero-order valence-corrected chi connectivity index (χ0v) is 9.98. The van der Waals surface area contributed by atoms with Crippen molar-refractivity contribution in [2.45, 2.75) is 38.6 Å². The number of hydrogen-bond acceptors (Lipinski definition) is 2. The van der Waals surface area contributed by atoms with E-state index in [2.05, 4.69) is 17.1 Å². The zero-order chi connectivity index (χ0) is 9.10. The number of halogens is 1. The standard InChI is InChI=1S/C11H22N2.ClH/c1-10-2-4-11(5-3-10)13-8-6-12-7-9-13;/h10-12H,2-9H2,1H3;1H. The molecule has 84 valence electrons. The van der Waals surface area contributed by atoms with Gasteiger partial charge in [0.2, 0.25) is 0 Å². The quantitative estimate of drug-likeness (QED) is 0.723.